The van der Waals surface area contributed by atoms with Crippen LogP contribution in [0.4, 0.5) is 5.82 Å². The minimum Gasteiger partial charge on any atom is -0.489 e. The predicted octanol–water partition coefficient (Wildman–Crippen LogP) is 6.06. The zero-order valence-corrected chi connectivity index (χ0v) is 19.3. The molecule has 0 saturated carbocycles. The van der Waals surface area contributed by atoms with Gasteiger partial charge in [-0.3, -0.25) is 9.48 Å². The minimum absolute atomic E-state index is 0.109. The second-order valence-electron chi connectivity index (χ2n) is 9.10. The van der Waals surface area contributed by atoms with Gasteiger partial charge < -0.3 is 10.1 Å². The van der Waals surface area contributed by atoms with Crippen molar-refractivity contribution in [2.75, 3.05) is 5.32 Å². The van der Waals surface area contributed by atoms with Gasteiger partial charge in [-0.25, -0.2) is 0 Å². The monoisotopic (exact) mass is 439 g/mol. The van der Waals surface area contributed by atoms with Crippen molar-refractivity contribution in [3.05, 3.63) is 113 Å². The molecule has 0 bridgehead atoms. The maximum Gasteiger partial charge on any atom is 0.256 e. The van der Waals surface area contributed by atoms with Gasteiger partial charge in [-0.15, -0.1) is 0 Å². The molecule has 0 fully saturated rings. The Kier molecular flexibility index (Phi) is 6.59. The van der Waals surface area contributed by atoms with Crippen LogP contribution in [0.5, 0.6) is 5.75 Å². The molecule has 5 nitrogen and oxygen atoms in total. The summed E-state index contributed by atoms with van der Waals surface area (Å²) in [6.45, 7) is 7.61. The molecule has 0 spiro atoms. The molecule has 1 heterocycles. The van der Waals surface area contributed by atoms with Gasteiger partial charge in [-0.2, -0.15) is 5.10 Å². The van der Waals surface area contributed by atoms with E-state index in [-0.39, 0.29) is 11.3 Å². The van der Waals surface area contributed by atoms with Crippen LogP contribution in [0.3, 0.4) is 0 Å². The Balaban J connectivity index is 1.35. The van der Waals surface area contributed by atoms with Crippen molar-refractivity contribution in [1.82, 2.24) is 9.78 Å². The lowest BCUT2D eigenvalue weighted by Crippen LogP contribution is -2.13. The van der Waals surface area contributed by atoms with Gasteiger partial charge >= 0.3 is 0 Å². The van der Waals surface area contributed by atoms with Crippen molar-refractivity contribution >= 4 is 11.7 Å². The fourth-order valence-corrected chi connectivity index (χ4v) is 3.50. The molecule has 0 saturated heterocycles. The summed E-state index contributed by atoms with van der Waals surface area (Å²) in [6.07, 6.45) is 1.86. The number of amides is 1. The number of benzene rings is 3. The van der Waals surface area contributed by atoms with Crippen LogP contribution in [0.1, 0.15) is 47.8 Å². The lowest BCUT2D eigenvalue weighted by atomic mass is 9.87. The maximum absolute atomic E-state index is 12.7. The van der Waals surface area contributed by atoms with E-state index >= 15 is 0 Å². The molecule has 4 aromatic rings. The molecule has 0 aliphatic rings. The van der Waals surface area contributed by atoms with Crippen LogP contribution in [-0.4, -0.2) is 15.7 Å². The number of aromatic nitrogens is 2. The maximum atomic E-state index is 12.7. The quantitative estimate of drug-likeness (QED) is 0.381. The molecule has 168 valence electrons. The molecule has 1 amide bonds. The zero-order valence-electron chi connectivity index (χ0n) is 19.3. The molecule has 0 aliphatic carbocycles. The Morgan fingerprint density at radius 1 is 0.909 bits per heavy atom. The molecule has 1 N–H and O–H groups in total. The fourth-order valence-electron chi connectivity index (χ4n) is 3.50. The zero-order chi connectivity index (χ0) is 23.3. The van der Waals surface area contributed by atoms with Crippen molar-refractivity contribution in [3.63, 3.8) is 0 Å². The summed E-state index contributed by atoms with van der Waals surface area (Å²) in [6, 6.07) is 27.5. The van der Waals surface area contributed by atoms with Crippen molar-refractivity contribution in [2.45, 2.75) is 39.3 Å². The number of carbonyl (C=O) groups excluding carboxylic acids is 1. The summed E-state index contributed by atoms with van der Waals surface area (Å²) < 4.78 is 7.73. The van der Waals surface area contributed by atoms with E-state index in [9.17, 15) is 4.79 Å². The summed E-state index contributed by atoms with van der Waals surface area (Å²) >= 11 is 0. The van der Waals surface area contributed by atoms with Crippen LogP contribution < -0.4 is 10.1 Å². The second-order valence-corrected chi connectivity index (χ2v) is 9.10. The number of ether oxygens (including phenoxy) is 1. The summed E-state index contributed by atoms with van der Waals surface area (Å²) in [7, 11) is 0. The Hall–Kier alpha value is -3.86. The standard InChI is InChI=1S/C28H29N3O2/c1-28(2,3)24-12-14-25(15-13-24)33-20-22-10-7-11-23(18-22)27(32)29-26-16-17-31(30-26)19-21-8-5-4-6-9-21/h4-18H,19-20H2,1-3H3,(H,29,30,32). The third-order valence-electron chi connectivity index (χ3n) is 5.38. The van der Waals surface area contributed by atoms with Crippen molar-refractivity contribution < 1.29 is 9.53 Å². The number of nitrogens with zero attached hydrogens (tertiary/aromatic N) is 2. The first-order valence-corrected chi connectivity index (χ1v) is 11.1. The molecule has 0 aliphatic heterocycles. The van der Waals surface area contributed by atoms with Gasteiger partial charge in [0.25, 0.3) is 5.91 Å². The third-order valence-corrected chi connectivity index (χ3v) is 5.38. The number of carbonyl (C=O) groups is 1. The van der Waals surface area contributed by atoms with Gasteiger partial charge in [0.15, 0.2) is 5.82 Å². The van der Waals surface area contributed by atoms with E-state index < -0.39 is 0 Å². The Labute approximate surface area is 195 Å². The highest BCUT2D eigenvalue weighted by molar-refractivity contribution is 6.03. The van der Waals surface area contributed by atoms with Crippen LogP contribution in [0.25, 0.3) is 0 Å². The average molecular weight is 440 g/mol. The van der Waals surface area contributed by atoms with Gasteiger partial charge in [-0.05, 0) is 46.4 Å². The molecule has 5 heteroatoms. The summed E-state index contributed by atoms with van der Waals surface area (Å²) in [5, 5.41) is 7.33. The Morgan fingerprint density at radius 2 is 1.64 bits per heavy atom. The predicted molar refractivity (Wildman–Crippen MR) is 132 cm³/mol. The van der Waals surface area contributed by atoms with Gasteiger partial charge in [0.2, 0.25) is 0 Å². The van der Waals surface area contributed by atoms with Gasteiger partial charge in [-0.1, -0.05) is 75.4 Å². The van der Waals surface area contributed by atoms with Crippen LogP contribution in [0.15, 0.2) is 91.1 Å². The van der Waals surface area contributed by atoms with Gasteiger partial charge in [0, 0.05) is 17.8 Å². The van der Waals surface area contributed by atoms with Crippen molar-refractivity contribution in [3.8, 4) is 5.75 Å². The minimum atomic E-state index is -0.198. The molecular weight excluding hydrogens is 410 g/mol. The van der Waals surface area contributed by atoms with E-state index in [1.54, 1.807) is 16.8 Å². The van der Waals surface area contributed by atoms with Gasteiger partial charge in [0.05, 0.1) is 6.54 Å². The molecule has 1 aromatic heterocycles. The molecule has 3 aromatic carbocycles. The average Bonchev–Trinajstić information content (AvgIpc) is 3.25. The van der Waals surface area contributed by atoms with E-state index in [2.05, 4.69) is 43.3 Å². The molecule has 0 radical (unpaired) electrons. The van der Waals surface area contributed by atoms with E-state index in [0.717, 1.165) is 16.9 Å². The SMILES string of the molecule is CC(C)(C)c1ccc(OCc2cccc(C(=O)Nc3ccn(Cc4ccccc4)n3)c2)cc1. The first-order valence-electron chi connectivity index (χ1n) is 11.1. The lowest BCUT2D eigenvalue weighted by molar-refractivity contribution is 0.102. The Morgan fingerprint density at radius 3 is 2.36 bits per heavy atom. The van der Waals surface area contributed by atoms with E-state index in [1.807, 2.05) is 66.9 Å². The number of hydrogen-bond donors (Lipinski definition) is 1. The third kappa shape index (κ3) is 6.10. The van der Waals surface area contributed by atoms with Crippen LogP contribution in [0.2, 0.25) is 0 Å². The number of anilines is 1. The molecule has 4 rings (SSSR count). The first kappa shape index (κ1) is 22.3. The highest BCUT2D eigenvalue weighted by Gasteiger charge is 2.13. The highest BCUT2D eigenvalue weighted by atomic mass is 16.5. The first-order chi connectivity index (χ1) is 15.9. The van der Waals surface area contributed by atoms with Gasteiger partial charge in [0.1, 0.15) is 12.4 Å². The Bertz CT molecular complexity index is 1210. The van der Waals surface area contributed by atoms with Crippen molar-refractivity contribution in [1.29, 1.82) is 0 Å². The molecule has 0 atom stereocenters. The number of rotatable bonds is 7. The lowest BCUT2D eigenvalue weighted by Gasteiger charge is -2.19. The topological polar surface area (TPSA) is 56.1 Å². The number of nitrogens with one attached hydrogen (secondary N) is 1. The number of hydrogen-bond acceptors (Lipinski definition) is 3. The summed E-state index contributed by atoms with van der Waals surface area (Å²) in [5.41, 5.74) is 4.02. The molecule has 33 heavy (non-hydrogen) atoms. The van der Waals surface area contributed by atoms with Crippen LogP contribution in [0, 0.1) is 0 Å². The molecular formula is C28H29N3O2. The van der Waals surface area contributed by atoms with Crippen LogP contribution in [-0.2, 0) is 18.6 Å². The second kappa shape index (κ2) is 9.74. The smallest absolute Gasteiger partial charge is 0.256 e. The molecule has 0 unspecified atom stereocenters. The summed E-state index contributed by atoms with van der Waals surface area (Å²) in [4.78, 5) is 12.7. The normalized spacial score (nSPS) is 11.2. The summed E-state index contributed by atoms with van der Waals surface area (Å²) in [5.74, 6) is 1.13. The van der Waals surface area contributed by atoms with E-state index in [1.165, 1.54) is 5.56 Å². The van der Waals surface area contributed by atoms with E-state index in [0.29, 0.717) is 24.5 Å². The highest BCUT2D eigenvalue weighted by Crippen LogP contribution is 2.24. The largest absolute Gasteiger partial charge is 0.489 e. The van der Waals surface area contributed by atoms with Crippen molar-refractivity contribution in [2.24, 2.45) is 0 Å². The fraction of sp³-hybridized carbons (Fsp3) is 0.214. The van der Waals surface area contributed by atoms with Crippen LogP contribution >= 0.6 is 0 Å². The van der Waals surface area contributed by atoms with E-state index in [4.69, 9.17) is 4.74 Å².